The first-order valence-electron chi connectivity index (χ1n) is 3.76. The SMILES string of the molecule is C/C=C(/C#N)C(C)[C@H](C)OC. The lowest BCUT2D eigenvalue weighted by atomic mass is 9.97. The zero-order chi connectivity index (χ0) is 8.85. The topological polar surface area (TPSA) is 33.0 Å². The lowest BCUT2D eigenvalue weighted by Gasteiger charge is -2.16. The van der Waals surface area contributed by atoms with E-state index in [1.807, 2.05) is 26.8 Å². The van der Waals surface area contributed by atoms with Crippen LogP contribution in [0.5, 0.6) is 0 Å². The first-order chi connectivity index (χ1) is 5.17. The Hall–Kier alpha value is -0.810. The van der Waals surface area contributed by atoms with E-state index in [4.69, 9.17) is 10.00 Å². The molecule has 2 atom stereocenters. The van der Waals surface area contributed by atoms with Crippen LogP contribution >= 0.6 is 0 Å². The van der Waals surface area contributed by atoms with Gasteiger partial charge in [0.1, 0.15) is 0 Å². The molecule has 0 aliphatic carbocycles. The quantitative estimate of drug-likeness (QED) is 0.582. The van der Waals surface area contributed by atoms with Crippen LogP contribution in [0.25, 0.3) is 0 Å². The molecule has 0 rings (SSSR count). The molecule has 0 N–H and O–H groups in total. The molecule has 0 aliphatic heterocycles. The highest BCUT2D eigenvalue weighted by Gasteiger charge is 2.14. The number of rotatable bonds is 3. The molecule has 0 heterocycles. The van der Waals surface area contributed by atoms with E-state index in [1.54, 1.807) is 7.11 Å². The number of hydrogen-bond donors (Lipinski definition) is 0. The van der Waals surface area contributed by atoms with E-state index in [2.05, 4.69) is 6.07 Å². The van der Waals surface area contributed by atoms with Crippen LogP contribution in [0.15, 0.2) is 11.6 Å². The fraction of sp³-hybridized carbons (Fsp3) is 0.667. The summed E-state index contributed by atoms with van der Waals surface area (Å²) in [7, 11) is 1.66. The Labute approximate surface area is 68.5 Å². The summed E-state index contributed by atoms with van der Waals surface area (Å²) in [5, 5.41) is 8.67. The van der Waals surface area contributed by atoms with E-state index in [1.165, 1.54) is 0 Å². The third kappa shape index (κ3) is 2.73. The zero-order valence-corrected chi connectivity index (χ0v) is 7.59. The van der Waals surface area contributed by atoms with E-state index in [9.17, 15) is 0 Å². The van der Waals surface area contributed by atoms with Gasteiger partial charge in [-0.2, -0.15) is 5.26 Å². The second-order valence-electron chi connectivity index (χ2n) is 2.59. The van der Waals surface area contributed by atoms with E-state index < -0.39 is 0 Å². The van der Waals surface area contributed by atoms with Gasteiger partial charge in [-0.05, 0) is 13.8 Å². The molecular weight excluding hydrogens is 138 g/mol. The lowest BCUT2D eigenvalue weighted by Crippen LogP contribution is -2.17. The van der Waals surface area contributed by atoms with Crippen molar-refractivity contribution in [3.8, 4) is 6.07 Å². The van der Waals surface area contributed by atoms with E-state index in [0.29, 0.717) is 0 Å². The van der Waals surface area contributed by atoms with Gasteiger partial charge in [0.2, 0.25) is 0 Å². The number of methoxy groups -OCH3 is 1. The van der Waals surface area contributed by atoms with E-state index in [-0.39, 0.29) is 12.0 Å². The van der Waals surface area contributed by atoms with Crippen molar-refractivity contribution in [2.75, 3.05) is 7.11 Å². The Balaban J connectivity index is 4.24. The molecule has 62 valence electrons. The summed E-state index contributed by atoms with van der Waals surface area (Å²) in [6, 6.07) is 2.15. The predicted octanol–water partition coefficient (Wildman–Crippen LogP) is 2.13. The fourth-order valence-electron chi connectivity index (χ4n) is 0.886. The Kier molecular flexibility index (Phi) is 4.56. The third-order valence-corrected chi connectivity index (χ3v) is 2.01. The van der Waals surface area contributed by atoms with Gasteiger partial charge in [-0.25, -0.2) is 0 Å². The van der Waals surface area contributed by atoms with Gasteiger partial charge in [-0.1, -0.05) is 13.0 Å². The van der Waals surface area contributed by atoms with Crippen molar-refractivity contribution in [1.82, 2.24) is 0 Å². The van der Waals surface area contributed by atoms with Crippen molar-refractivity contribution in [3.63, 3.8) is 0 Å². The second-order valence-corrected chi connectivity index (χ2v) is 2.59. The Morgan fingerprint density at radius 3 is 2.36 bits per heavy atom. The number of nitriles is 1. The number of nitrogens with zero attached hydrogens (tertiary/aromatic N) is 1. The van der Waals surface area contributed by atoms with Gasteiger partial charge in [0, 0.05) is 18.6 Å². The van der Waals surface area contributed by atoms with Gasteiger partial charge < -0.3 is 4.74 Å². The molecule has 0 fully saturated rings. The summed E-state index contributed by atoms with van der Waals surface area (Å²) in [4.78, 5) is 0. The molecule has 0 radical (unpaired) electrons. The first kappa shape index (κ1) is 10.2. The number of allylic oxidation sites excluding steroid dienone is 1. The lowest BCUT2D eigenvalue weighted by molar-refractivity contribution is 0.0875. The van der Waals surface area contributed by atoms with Gasteiger partial charge in [0.15, 0.2) is 0 Å². The molecule has 0 spiro atoms. The Morgan fingerprint density at radius 2 is 2.09 bits per heavy atom. The molecule has 1 unspecified atom stereocenters. The average molecular weight is 153 g/mol. The molecule has 2 nitrogen and oxygen atoms in total. The molecular formula is C9H15NO. The minimum atomic E-state index is 0.112. The highest BCUT2D eigenvalue weighted by Crippen LogP contribution is 2.15. The van der Waals surface area contributed by atoms with Crippen molar-refractivity contribution < 1.29 is 4.74 Å². The summed E-state index contributed by atoms with van der Waals surface area (Å²) in [6.45, 7) is 5.83. The minimum Gasteiger partial charge on any atom is -0.381 e. The van der Waals surface area contributed by atoms with Crippen LogP contribution in [0, 0.1) is 17.2 Å². The van der Waals surface area contributed by atoms with Gasteiger partial charge in [0.05, 0.1) is 12.2 Å². The van der Waals surface area contributed by atoms with Gasteiger partial charge in [-0.3, -0.25) is 0 Å². The maximum atomic E-state index is 8.67. The van der Waals surface area contributed by atoms with E-state index in [0.717, 1.165) is 5.57 Å². The van der Waals surface area contributed by atoms with Crippen LogP contribution in [-0.4, -0.2) is 13.2 Å². The molecule has 11 heavy (non-hydrogen) atoms. The van der Waals surface area contributed by atoms with E-state index >= 15 is 0 Å². The van der Waals surface area contributed by atoms with Crippen molar-refractivity contribution in [3.05, 3.63) is 11.6 Å². The molecule has 2 heteroatoms. The monoisotopic (exact) mass is 153 g/mol. The highest BCUT2D eigenvalue weighted by atomic mass is 16.5. The fourth-order valence-corrected chi connectivity index (χ4v) is 0.886. The third-order valence-electron chi connectivity index (χ3n) is 2.01. The molecule has 0 saturated carbocycles. The second kappa shape index (κ2) is 4.92. The van der Waals surface area contributed by atoms with Crippen LogP contribution in [-0.2, 0) is 4.74 Å². The zero-order valence-electron chi connectivity index (χ0n) is 7.59. The highest BCUT2D eigenvalue weighted by molar-refractivity contribution is 5.23. The molecule has 0 aromatic rings. The average Bonchev–Trinajstić information content (AvgIpc) is 2.05. The van der Waals surface area contributed by atoms with Crippen molar-refractivity contribution in [2.24, 2.45) is 5.92 Å². The Morgan fingerprint density at radius 1 is 1.55 bits per heavy atom. The molecule has 0 aliphatic rings. The van der Waals surface area contributed by atoms with Crippen molar-refractivity contribution >= 4 is 0 Å². The van der Waals surface area contributed by atoms with Gasteiger partial charge in [0.25, 0.3) is 0 Å². The maximum Gasteiger partial charge on any atom is 0.0947 e. The molecule has 0 bridgehead atoms. The molecule has 0 aromatic heterocycles. The summed E-state index contributed by atoms with van der Waals surface area (Å²) in [5.74, 6) is 0.190. The number of hydrogen-bond acceptors (Lipinski definition) is 2. The maximum absolute atomic E-state index is 8.67. The minimum absolute atomic E-state index is 0.112. The van der Waals surface area contributed by atoms with Crippen LogP contribution in [0.2, 0.25) is 0 Å². The van der Waals surface area contributed by atoms with Crippen molar-refractivity contribution in [1.29, 1.82) is 5.26 Å². The summed E-state index contributed by atoms with van der Waals surface area (Å²) >= 11 is 0. The Bertz CT molecular complexity index is 178. The van der Waals surface area contributed by atoms with Crippen LogP contribution in [0.3, 0.4) is 0 Å². The van der Waals surface area contributed by atoms with Crippen molar-refractivity contribution in [2.45, 2.75) is 26.9 Å². The summed E-state index contributed by atoms with van der Waals surface area (Å²) in [5.41, 5.74) is 0.791. The normalized spacial score (nSPS) is 17.2. The summed E-state index contributed by atoms with van der Waals surface area (Å²) < 4.78 is 5.10. The smallest absolute Gasteiger partial charge is 0.0947 e. The standard InChI is InChI=1S/C9H15NO/c1-5-9(6-10)7(2)8(3)11-4/h5,7-8H,1-4H3/b9-5-/t7?,8-/m0/s1. The molecule has 0 saturated heterocycles. The van der Waals surface area contributed by atoms with Crippen LogP contribution < -0.4 is 0 Å². The molecule has 0 aromatic carbocycles. The molecule has 0 amide bonds. The largest absolute Gasteiger partial charge is 0.381 e. The first-order valence-corrected chi connectivity index (χ1v) is 3.76. The number of ether oxygens (including phenoxy) is 1. The summed E-state index contributed by atoms with van der Waals surface area (Å²) in [6.07, 6.45) is 1.95. The van der Waals surface area contributed by atoms with Crippen LogP contribution in [0.1, 0.15) is 20.8 Å². The van der Waals surface area contributed by atoms with Gasteiger partial charge >= 0.3 is 0 Å². The van der Waals surface area contributed by atoms with Crippen LogP contribution in [0.4, 0.5) is 0 Å². The van der Waals surface area contributed by atoms with Gasteiger partial charge in [-0.15, -0.1) is 0 Å². The predicted molar refractivity (Wildman–Crippen MR) is 45.0 cm³/mol.